The SMILES string of the molecule is CC(NC(=O)N[C@H](C)C(=O)O)c1ccc(F)cc1. The Balaban J connectivity index is 2.54. The molecule has 0 spiro atoms. The Morgan fingerprint density at radius 3 is 2.22 bits per heavy atom. The van der Waals surface area contributed by atoms with Gasteiger partial charge in [0, 0.05) is 0 Å². The van der Waals surface area contributed by atoms with E-state index >= 15 is 0 Å². The molecule has 1 rings (SSSR count). The van der Waals surface area contributed by atoms with E-state index in [2.05, 4.69) is 10.6 Å². The van der Waals surface area contributed by atoms with E-state index in [4.69, 9.17) is 5.11 Å². The maximum Gasteiger partial charge on any atom is 0.325 e. The molecule has 1 aromatic rings. The number of carboxylic acids is 1. The lowest BCUT2D eigenvalue weighted by Gasteiger charge is -2.16. The van der Waals surface area contributed by atoms with Gasteiger partial charge in [-0.3, -0.25) is 4.79 Å². The van der Waals surface area contributed by atoms with Crippen LogP contribution in [0.25, 0.3) is 0 Å². The summed E-state index contributed by atoms with van der Waals surface area (Å²) in [5, 5.41) is 13.5. The van der Waals surface area contributed by atoms with Crippen LogP contribution in [0.5, 0.6) is 0 Å². The first-order chi connectivity index (χ1) is 8.40. The number of benzene rings is 1. The lowest BCUT2D eigenvalue weighted by atomic mass is 10.1. The summed E-state index contributed by atoms with van der Waals surface area (Å²) in [7, 11) is 0. The summed E-state index contributed by atoms with van der Waals surface area (Å²) in [5.41, 5.74) is 0.731. The van der Waals surface area contributed by atoms with Crippen molar-refractivity contribution in [3.8, 4) is 0 Å². The summed E-state index contributed by atoms with van der Waals surface area (Å²) in [6.45, 7) is 3.09. The first-order valence-corrected chi connectivity index (χ1v) is 5.45. The number of carbonyl (C=O) groups is 2. The molecule has 6 heteroatoms. The van der Waals surface area contributed by atoms with Crippen LogP contribution in [0.2, 0.25) is 0 Å². The molecule has 0 saturated carbocycles. The summed E-state index contributed by atoms with van der Waals surface area (Å²) >= 11 is 0. The van der Waals surface area contributed by atoms with E-state index in [9.17, 15) is 14.0 Å². The smallest absolute Gasteiger partial charge is 0.325 e. The van der Waals surface area contributed by atoms with Crippen LogP contribution < -0.4 is 10.6 Å². The zero-order valence-corrected chi connectivity index (χ0v) is 10.1. The molecule has 0 aliphatic heterocycles. The summed E-state index contributed by atoms with van der Waals surface area (Å²) in [6.07, 6.45) is 0. The molecule has 1 aromatic carbocycles. The minimum absolute atomic E-state index is 0.341. The van der Waals surface area contributed by atoms with E-state index in [-0.39, 0.29) is 11.9 Å². The highest BCUT2D eigenvalue weighted by Gasteiger charge is 2.15. The van der Waals surface area contributed by atoms with Gasteiger partial charge in [-0.15, -0.1) is 0 Å². The zero-order chi connectivity index (χ0) is 13.7. The summed E-state index contributed by atoms with van der Waals surface area (Å²) in [4.78, 5) is 22.0. The highest BCUT2D eigenvalue weighted by molar-refractivity contribution is 5.82. The van der Waals surface area contributed by atoms with E-state index in [1.54, 1.807) is 19.1 Å². The van der Waals surface area contributed by atoms with Gasteiger partial charge in [-0.2, -0.15) is 0 Å². The van der Waals surface area contributed by atoms with Crippen molar-refractivity contribution in [1.29, 1.82) is 0 Å². The normalized spacial score (nSPS) is 13.5. The average Bonchev–Trinajstić information content (AvgIpc) is 2.29. The second-order valence-corrected chi connectivity index (χ2v) is 3.95. The largest absolute Gasteiger partial charge is 0.480 e. The number of aliphatic carboxylic acids is 1. The van der Waals surface area contributed by atoms with Crippen LogP contribution in [0.4, 0.5) is 9.18 Å². The Kier molecular flexibility index (Phi) is 4.65. The van der Waals surface area contributed by atoms with Crippen molar-refractivity contribution in [2.75, 3.05) is 0 Å². The molecule has 0 aromatic heterocycles. The molecule has 0 aliphatic rings. The van der Waals surface area contributed by atoms with Crippen LogP contribution in [0.1, 0.15) is 25.5 Å². The lowest BCUT2D eigenvalue weighted by molar-refractivity contribution is -0.138. The molecule has 2 amide bonds. The van der Waals surface area contributed by atoms with Gasteiger partial charge in [0.2, 0.25) is 0 Å². The number of rotatable bonds is 4. The highest BCUT2D eigenvalue weighted by atomic mass is 19.1. The molecule has 3 N–H and O–H groups in total. The molecule has 5 nitrogen and oxygen atoms in total. The standard InChI is InChI=1S/C12H15FN2O3/c1-7(9-3-5-10(13)6-4-9)14-12(18)15-8(2)11(16)17/h3-8H,1-2H3,(H,16,17)(H2,14,15,18)/t7?,8-/m1/s1. The molecule has 0 heterocycles. The van der Waals surface area contributed by atoms with E-state index in [0.29, 0.717) is 0 Å². The third-order valence-electron chi connectivity index (χ3n) is 2.44. The molecule has 2 atom stereocenters. The van der Waals surface area contributed by atoms with Crippen LogP contribution in [-0.4, -0.2) is 23.1 Å². The average molecular weight is 254 g/mol. The van der Waals surface area contributed by atoms with E-state index in [0.717, 1.165) is 5.56 Å². The molecule has 0 saturated heterocycles. The van der Waals surface area contributed by atoms with Crippen LogP contribution in [0.15, 0.2) is 24.3 Å². The van der Waals surface area contributed by atoms with Gasteiger partial charge in [-0.25, -0.2) is 9.18 Å². The number of nitrogens with one attached hydrogen (secondary N) is 2. The summed E-state index contributed by atoms with van der Waals surface area (Å²) in [6, 6.07) is 3.82. The lowest BCUT2D eigenvalue weighted by Crippen LogP contribution is -2.45. The van der Waals surface area contributed by atoms with Gasteiger partial charge in [-0.05, 0) is 31.5 Å². The third-order valence-corrected chi connectivity index (χ3v) is 2.44. The first kappa shape index (κ1) is 14.0. The Morgan fingerprint density at radius 1 is 1.17 bits per heavy atom. The maximum atomic E-state index is 12.7. The van der Waals surface area contributed by atoms with Gasteiger partial charge < -0.3 is 15.7 Å². The molecule has 0 radical (unpaired) electrons. The molecule has 0 bridgehead atoms. The van der Waals surface area contributed by atoms with Gasteiger partial charge >= 0.3 is 12.0 Å². The number of halogens is 1. The van der Waals surface area contributed by atoms with Gasteiger partial charge in [0.05, 0.1) is 6.04 Å². The zero-order valence-electron chi connectivity index (χ0n) is 10.1. The number of hydrogen-bond donors (Lipinski definition) is 3. The Hall–Kier alpha value is -2.11. The molecule has 1 unspecified atom stereocenters. The van der Waals surface area contributed by atoms with Crippen molar-refractivity contribution in [2.45, 2.75) is 25.9 Å². The second-order valence-electron chi connectivity index (χ2n) is 3.95. The highest BCUT2D eigenvalue weighted by Crippen LogP contribution is 2.12. The minimum atomic E-state index is -1.11. The Labute approximate surface area is 104 Å². The van der Waals surface area contributed by atoms with E-state index in [1.807, 2.05) is 0 Å². The van der Waals surface area contributed by atoms with Crippen molar-refractivity contribution >= 4 is 12.0 Å². The van der Waals surface area contributed by atoms with E-state index < -0.39 is 18.0 Å². The molecular formula is C12H15FN2O3. The molecule has 98 valence electrons. The number of carboxylic acid groups (broad SMARTS) is 1. The summed E-state index contributed by atoms with van der Waals surface area (Å²) in [5.74, 6) is -1.46. The number of amides is 2. The van der Waals surface area contributed by atoms with Crippen molar-refractivity contribution < 1.29 is 19.1 Å². The Morgan fingerprint density at radius 2 is 1.72 bits per heavy atom. The Bertz CT molecular complexity index is 433. The molecule has 0 aliphatic carbocycles. The monoisotopic (exact) mass is 254 g/mol. The predicted molar refractivity (Wildman–Crippen MR) is 63.6 cm³/mol. The van der Waals surface area contributed by atoms with Crippen LogP contribution in [0.3, 0.4) is 0 Å². The molecule has 0 fully saturated rings. The molecular weight excluding hydrogens is 239 g/mol. The first-order valence-electron chi connectivity index (χ1n) is 5.45. The predicted octanol–water partition coefficient (Wildman–Crippen LogP) is 1.66. The van der Waals surface area contributed by atoms with Gasteiger partial charge in [-0.1, -0.05) is 12.1 Å². The van der Waals surface area contributed by atoms with Crippen LogP contribution >= 0.6 is 0 Å². The number of carbonyl (C=O) groups excluding carboxylic acids is 1. The number of hydrogen-bond acceptors (Lipinski definition) is 2. The fourth-order valence-electron chi connectivity index (χ4n) is 1.33. The minimum Gasteiger partial charge on any atom is -0.480 e. The van der Waals surface area contributed by atoms with Crippen molar-refractivity contribution in [2.24, 2.45) is 0 Å². The topological polar surface area (TPSA) is 78.4 Å². The maximum absolute atomic E-state index is 12.7. The second kappa shape index (κ2) is 6.00. The van der Waals surface area contributed by atoms with Gasteiger partial charge in [0.15, 0.2) is 0 Å². The van der Waals surface area contributed by atoms with Crippen LogP contribution in [0, 0.1) is 5.82 Å². The van der Waals surface area contributed by atoms with Gasteiger partial charge in [0.1, 0.15) is 11.9 Å². The fraction of sp³-hybridized carbons (Fsp3) is 0.333. The molecule has 18 heavy (non-hydrogen) atoms. The van der Waals surface area contributed by atoms with Crippen molar-refractivity contribution in [1.82, 2.24) is 10.6 Å². The van der Waals surface area contributed by atoms with Crippen molar-refractivity contribution in [3.05, 3.63) is 35.6 Å². The van der Waals surface area contributed by atoms with Gasteiger partial charge in [0.25, 0.3) is 0 Å². The number of urea groups is 1. The van der Waals surface area contributed by atoms with E-state index in [1.165, 1.54) is 19.1 Å². The quantitative estimate of drug-likeness (QED) is 0.764. The van der Waals surface area contributed by atoms with Crippen LogP contribution in [-0.2, 0) is 4.79 Å². The summed E-state index contributed by atoms with van der Waals surface area (Å²) < 4.78 is 12.7. The fourth-order valence-corrected chi connectivity index (χ4v) is 1.33. The third kappa shape index (κ3) is 4.04. The van der Waals surface area contributed by atoms with Crippen molar-refractivity contribution in [3.63, 3.8) is 0 Å².